The lowest BCUT2D eigenvalue weighted by molar-refractivity contribution is -0.113. The van der Waals surface area contributed by atoms with Gasteiger partial charge in [0.05, 0.1) is 17.0 Å². The standard InChI is InChI=1S/C20H19N3O2S2/c24-18(14-26-12-10-15-6-2-1-3-7-15)22-17-9-5-4-8-16(17)19(25)23-20-21-11-13-27-20/h1-9,11,13H,10,12,14H2,(H,22,24)(H,21,23,25). The normalized spacial score (nSPS) is 10.4. The molecule has 27 heavy (non-hydrogen) atoms. The molecule has 7 heteroatoms. The Morgan fingerprint density at radius 3 is 2.56 bits per heavy atom. The van der Waals surface area contributed by atoms with Crippen molar-refractivity contribution in [3.63, 3.8) is 0 Å². The van der Waals surface area contributed by atoms with Gasteiger partial charge in [0.25, 0.3) is 5.91 Å². The number of nitrogens with one attached hydrogen (secondary N) is 2. The fraction of sp³-hybridized carbons (Fsp3) is 0.150. The molecule has 2 aromatic carbocycles. The Morgan fingerprint density at radius 2 is 1.78 bits per heavy atom. The molecule has 0 saturated carbocycles. The molecule has 0 saturated heterocycles. The second kappa shape index (κ2) is 9.89. The summed E-state index contributed by atoms with van der Waals surface area (Å²) in [6.07, 6.45) is 2.55. The van der Waals surface area contributed by atoms with Crippen molar-refractivity contribution in [3.05, 3.63) is 77.3 Å². The number of thiazole rings is 1. The number of carbonyl (C=O) groups excluding carboxylic acids is 2. The van der Waals surface area contributed by atoms with Crippen LogP contribution in [0.4, 0.5) is 10.8 Å². The molecule has 0 fully saturated rings. The molecule has 3 rings (SSSR count). The van der Waals surface area contributed by atoms with Crippen molar-refractivity contribution in [1.82, 2.24) is 4.98 Å². The number of aromatic nitrogens is 1. The van der Waals surface area contributed by atoms with Crippen molar-refractivity contribution in [2.24, 2.45) is 0 Å². The number of hydrogen-bond acceptors (Lipinski definition) is 5. The van der Waals surface area contributed by atoms with Crippen LogP contribution in [0.3, 0.4) is 0 Å². The van der Waals surface area contributed by atoms with E-state index < -0.39 is 0 Å². The van der Waals surface area contributed by atoms with Gasteiger partial charge >= 0.3 is 0 Å². The molecule has 3 aromatic rings. The van der Waals surface area contributed by atoms with E-state index in [1.54, 1.807) is 47.6 Å². The minimum atomic E-state index is -0.294. The van der Waals surface area contributed by atoms with E-state index >= 15 is 0 Å². The SMILES string of the molecule is O=C(CSCCc1ccccc1)Nc1ccccc1C(=O)Nc1nccs1. The topological polar surface area (TPSA) is 71.1 Å². The Bertz CT molecular complexity index is 883. The Hall–Kier alpha value is -2.64. The molecule has 0 bridgehead atoms. The van der Waals surface area contributed by atoms with Gasteiger partial charge in [0.2, 0.25) is 5.91 Å². The zero-order valence-electron chi connectivity index (χ0n) is 14.6. The van der Waals surface area contributed by atoms with Crippen LogP contribution in [0.15, 0.2) is 66.2 Å². The number of thioether (sulfide) groups is 1. The minimum Gasteiger partial charge on any atom is -0.325 e. The zero-order valence-corrected chi connectivity index (χ0v) is 16.2. The molecular weight excluding hydrogens is 378 g/mol. The highest BCUT2D eigenvalue weighted by molar-refractivity contribution is 7.99. The number of amides is 2. The highest BCUT2D eigenvalue weighted by atomic mass is 32.2. The quantitative estimate of drug-likeness (QED) is 0.556. The van der Waals surface area contributed by atoms with Gasteiger partial charge < -0.3 is 5.32 Å². The summed E-state index contributed by atoms with van der Waals surface area (Å²) >= 11 is 2.92. The summed E-state index contributed by atoms with van der Waals surface area (Å²) in [5, 5.41) is 7.88. The van der Waals surface area contributed by atoms with Crippen molar-refractivity contribution in [3.8, 4) is 0 Å². The largest absolute Gasteiger partial charge is 0.325 e. The van der Waals surface area contributed by atoms with Crippen LogP contribution in [0.5, 0.6) is 0 Å². The predicted octanol–water partition coefficient (Wildman–Crippen LogP) is 4.31. The summed E-state index contributed by atoms with van der Waals surface area (Å²) in [4.78, 5) is 28.7. The van der Waals surface area contributed by atoms with Gasteiger partial charge in [-0.1, -0.05) is 42.5 Å². The number of para-hydroxylation sites is 1. The second-order valence-electron chi connectivity index (χ2n) is 5.67. The van der Waals surface area contributed by atoms with Crippen LogP contribution in [0.25, 0.3) is 0 Å². The van der Waals surface area contributed by atoms with E-state index in [0.29, 0.717) is 22.1 Å². The van der Waals surface area contributed by atoms with E-state index in [1.165, 1.54) is 16.9 Å². The van der Waals surface area contributed by atoms with E-state index in [2.05, 4.69) is 27.8 Å². The van der Waals surface area contributed by atoms with Crippen LogP contribution in [-0.4, -0.2) is 28.3 Å². The van der Waals surface area contributed by atoms with Crippen molar-refractivity contribution in [1.29, 1.82) is 0 Å². The molecule has 0 aliphatic rings. The van der Waals surface area contributed by atoms with Gasteiger partial charge in [0, 0.05) is 11.6 Å². The first-order valence-electron chi connectivity index (χ1n) is 8.44. The van der Waals surface area contributed by atoms with Gasteiger partial charge in [0.1, 0.15) is 0 Å². The molecule has 0 radical (unpaired) electrons. The van der Waals surface area contributed by atoms with Gasteiger partial charge in [-0.2, -0.15) is 11.8 Å². The lowest BCUT2D eigenvalue weighted by atomic mass is 10.1. The summed E-state index contributed by atoms with van der Waals surface area (Å²) in [6.45, 7) is 0. The maximum Gasteiger partial charge on any atom is 0.259 e. The summed E-state index contributed by atoms with van der Waals surface area (Å²) in [5.41, 5.74) is 2.17. The minimum absolute atomic E-state index is 0.123. The van der Waals surface area contributed by atoms with E-state index in [-0.39, 0.29) is 11.8 Å². The van der Waals surface area contributed by atoms with Crippen LogP contribution in [0, 0.1) is 0 Å². The average molecular weight is 398 g/mol. The third kappa shape index (κ3) is 5.94. The van der Waals surface area contributed by atoms with E-state index in [0.717, 1.165) is 12.2 Å². The first-order valence-corrected chi connectivity index (χ1v) is 10.5. The van der Waals surface area contributed by atoms with Crippen LogP contribution >= 0.6 is 23.1 Å². The molecule has 0 aliphatic heterocycles. The zero-order chi connectivity index (χ0) is 18.9. The predicted molar refractivity (Wildman–Crippen MR) is 113 cm³/mol. The van der Waals surface area contributed by atoms with E-state index in [9.17, 15) is 9.59 Å². The van der Waals surface area contributed by atoms with Gasteiger partial charge in [-0.25, -0.2) is 4.98 Å². The molecule has 0 atom stereocenters. The maximum absolute atomic E-state index is 12.4. The van der Waals surface area contributed by atoms with Crippen molar-refractivity contribution < 1.29 is 9.59 Å². The maximum atomic E-state index is 12.4. The third-order valence-corrected chi connectivity index (χ3v) is 5.36. The van der Waals surface area contributed by atoms with Crippen LogP contribution in [-0.2, 0) is 11.2 Å². The first kappa shape index (κ1) is 19.1. The summed E-state index contributed by atoms with van der Waals surface area (Å²) in [7, 11) is 0. The van der Waals surface area contributed by atoms with Gasteiger partial charge in [-0.15, -0.1) is 11.3 Å². The number of carbonyl (C=O) groups is 2. The molecule has 0 aliphatic carbocycles. The van der Waals surface area contributed by atoms with Gasteiger partial charge in [0.15, 0.2) is 5.13 Å². The average Bonchev–Trinajstić information content (AvgIpc) is 3.19. The fourth-order valence-electron chi connectivity index (χ4n) is 2.43. The number of nitrogens with zero attached hydrogens (tertiary/aromatic N) is 1. The molecular formula is C20H19N3O2S2. The monoisotopic (exact) mass is 397 g/mol. The molecule has 2 N–H and O–H groups in total. The first-order chi connectivity index (χ1) is 13.2. The Kier molecular flexibility index (Phi) is 7.01. The molecule has 5 nitrogen and oxygen atoms in total. The number of anilines is 2. The van der Waals surface area contributed by atoms with Gasteiger partial charge in [-0.3, -0.25) is 14.9 Å². The highest BCUT2D eigenvalue weighted by Crippen LogP contribution is 2.19. The van der Waals surface area contributed by atoms with Crippen LogP contribution < -0.4 is 10.6 Å². The second-order valence-corrected chi connectivity index (χ2v) is 7.67. The number of hydrogen-bond donors (Lipinski definition) is 2. The molecule has 0 spiro atoms. The van der Waals surface area contributed by atoms with E-state index in [4.69, 9.17) is 0 Å². The number of aryl methyl sites for hydroxylation is 1. The lowest BCUT2D eigenvalue weighted by Gasteiger charge is -2.10. The molecule has 1 aromatic heterocycles. The number of benzene rings is 2. The summed E-state index contributed by atoms with van der Waals surface area (Å²) in [6, 6.07) is 17.1. The molecule has 0 unspecified atom stereocenters. The van der Waals surface area contributed by atoms with E-state index in [1.807, 2.05) is 18.2 Å². The van der Waals surface area contributed by atoms with Crippen molar-refractivity contribution in [2.75, 3.05) is 22.1 Å². The smallest absolute Gasteiger partial charge is 0.259 e. The lowest BCUT2D eigenvalue weighted by Crippen LogP contribution is -2.19. The van der Waals surface area contributed by atoms with Crippen molar-refractivity contribution in [2.45, 2.75) is 6.42 Å². The Labute approximate surface area is 166 Å². The van der Waals surface area contributed by atoms with Crippen LogP contribution in [0.1, 0.15) is 15.9 Å². The molecule has 138 valence electrons. The fourth-order valence-corrected chi connectivity index (χ4v) is 3.73. The summed E-state index contributed by atoms with van der Waals surface area (Å²) < 4.78 is 0. The van der Waals surface area contributed by atoms with Gasteiger partial charge in [-0.05, 0) is 29.9 Å². The molecule has 2 amide bonds. The Balaban J connectivity index is 1.51. The third-order valence-electron chi connectivity index (χ3n) is 3.71. The van der Waals surface area contributed by atoms with Crippen molar-refractivity contribution >= 4 is 45.7 Å². The Morgan fingerprint density at radius 1 is 1.00 bits per heavy atom. The molecule has 1 heterocycles. The summed E-state index contributed by atoms with van der Waals surface area (Å²) in [5.74, 6) is 0.791. The number of rotatable bonds is 8. The highest BCUT2D eigenvalue weighted by Gasteiger charge is 2.14. The van der Waals surface area contributed by atoms with Crippen LogP contribution in [0.2, 0.25) is 0 Å².